The van der Waals surface area contributed by atoms with Crippen LogP contribution in [0.1, 0.15) is 24.5 Å². The topological polar surface area (TPSA) is 123 Å². The Balaban J connectivity index is 1.14. The highest BCUT2D eigenvalue weighted by atomic mass is 19.1. The molecule has 38 heavy (non-hydrogen) atoms. The number of phenolic OH excluding ortho intramolecular Hbond substituents is 1. The van der Waals surface area contributed by atoms with Gasteiger partial charge < -0.3 is 25.8 Å². The first-order chi connectivity index (χ1) is 18.5. The Morgan fingerprint density at radius 1 is 1.00 bits per heavy atom. The minimum absolute atomic E-state index is 0.0330. The summed E-state index contributed by atoms with van der Waals surface area (Å²) in [5, 5.41) is 28.8. The first-order valence-electron chi connectivity index (χ1n) is 12.5. The molecule has 0 unspecified atom stereocenters. The number of fused-ring (bicyclic) bond motifs is 2. The lowest BCUT2D eigenvalue weighted by molar-refractivity contribution is 0.176. The number of pyridine rings is 3. The zero-order valence-electron chi connectivity index (χ0n) is 20.6. The molecule has 0 radical (unpaired) electrons. The smallest absolute Gasteiger partial charge is 0.248 e. The van der Waals surface area contributed by atoms with Crippen molar-refractivity contribution in [3.05, 3.63) is 94.7 Å². The summed E-state index contributed by atoms with van der Waals surface area (Å²) < 4.78 is 13.8. The molecular formula is C29H28FN5O3. The first-order valence-corrected chi connectivity index (χ1v) is 12.5. The fraction of sp³-hybridized carbons (Fsp3) is 0.207. The molecule has 0 amide bonds. The second-order valence-corrected chi connectivity index (χ2v) is 9.08. The van der Waals surface area contributed by atoms with Crippen LogP contribution < -0.4 is 16.2 Å². The van der Waals surface area contributed by atoms with E-state index in [0.717, 1.165) is 23.7 Å². The van der Waals surface area contributed by atoms with Gasteiger partial charge >= 0.3 is 0 Å². The number of aromatic nitrogens is 3. The van der Waals surface area contributed by atoms with Gasteiger partial charge in [0.1, 0.15) is 17.4 Å². The van der Waals surface area contributed by atoms with Crippen LogP contribution in [0.2, 0.25) is 0 Å². The van der Waals surface area contributed by atoms with E-state index in [-0.39, 0.29) is 17.1 Å². The van der Waals surface area contributed by atoms with E-state index >= 15 is 0 Å². The quantitative estimate of drug-likeness (QED) is 0.174. The third-order valence-corrected chi connectivity index (χ3v) is 6.38. The second kappa shape index (κ2) is 11.4. The van der Waals surface area contributed by atoms with Gasteiger partial charge in [0.2, 0.25) is 5.56 Å². The van der Waals surface area contributed by atoms with Crippen LogP contribution in [-0.2, 0) is 0 Å². The van der Waals surface area contributed by atoms with Crippen LogP contribution in [-0.4, -0.2) is 44.8 Å². The summed E-state index contributed by atoms with van der Waals surface area (Å²) in [5.74, 6) is 0.345. The van der Waals surface area contributed by atoms with Crippen molar-refractivity contribution in [1.82, 2.24) is 20.3 Å². The minimum atomic E-state index is -0.793. The number of benzene rings is 2. The number of aromatic hydroxyl groups is 1. The van der Waals surface area contributed by atoms with Crippen molar-refractivity contribution in [3.63, 3.8) is 0 Å². The van der Waals surface area contributed by atoms with Crippen molar-refractivity contribution in [2.45, 2.75) is 18.9 Å². The number of unbranched alkanes of at least 4 members (excludes halogenated alkanes) is 1. The summed E-state index contributed by atoms with van der Waals surface area (Å²) in [4.78, 5) is 23.4. The number of nitrogens with zero attached hydrogens (tertiary/aromatic N) is 2. The zero-order valence-corrected chi connectivity index (χ0v) is 20.6. The Morgan fingerprint density at radius 3 is 2.74 bits per heavy atom. The van der Waals surface area contributed by atoms with Crippen LogP contribution in [0.15, 0.2) is 77.7 Å². The van der Waals surface area contributed by atoms with E-state index in [1.807, 2.05) is 24.3 Å². The van der Waals surface area contributed by atoms with Crippen molar-refractivity contribution in [1.29, 1.82) is 0 Å². The third-order valence-electron chi connectivity index (χ3n) is 6.38. The van der Waals surface area contributed by atoms with Gasteiger partial charge in [-0.3, -0.25) is 9.78 Å². The highest BCUT2D eigenvalue weighted by Crippen LogP contribution is 2.29. The lowest BCUT2D eigenvalue weighted by atomic mass is 10.0. The molecule has 0 spiro atoms. The molecule has 194 valence electrons. The van der Waals surface area contributed by atoms with Crippen LogP contribution in [0, 0.1) is 5.82 Å². The van der Waals surface area contributed by atoms with E-state index in [0.29, 0.717) is 53.2 Å². The molecule has 0 aliphatic rings. The molecule has 0 saturated heterocycles. The zero-order chi connectivity index (χ0) is 26.5. The number of aliphatic hydroxyl groups excluding tert-OH is 1. The van der Waals surface area contributed by atoms with Crippen LogP contribution in [0.25, 0.3) is 33.1 Å². The molecule has 8 nitrogen and oxygen atoms in total. The van der Waals surface area contributed by atoms with Crippen LogP contribution >= 0.6 is 0 Å². The average molecular weight is 514 g/mol. The number of rotatable bonds is 10. The largest absolute Gasteiger partial charge is 0.506 e. The number of halogens is 1. The van der Waals surface area contributed by atoms with E-state index in [4.69, 9.17) is 4.98 Å². The standard InChI is InChI=1S/C29H28FN5O3/c30-20-7-3-5-18(15-20)28-27-19(6-4-14-33-27)16-25(34-28)32-13-2-1-12-31-17-24(37)21-8-10-23(36)29-22(21)9-11-26(38)35-29/h3-11,14-16,24,31,36-37H,1-2,12-13,17H2,(H,32,34)(H,35,38)/t24-/m0/s1. The Morgan fingerprint density at radius 2 is 1.87 bits per heavy atom. The summed E-state index contributed by atoms with van der Waals surface area (Å²) in [6.45, 7) is 1.74. The van der Waals surface area contributed by atoms with Crippen LogP contribution in [0.3, 0.4) is 0 Å². The van der Waals surface area contributed by atoms with Gasteiger partial charge in [0.05, 0.1) is 22.8 Å². The molecule has 1 atom stereocenters. The molecule has 3 aromatic heterocycles. The van der Waals surface area contributed by atoms with Crippen molar-refractivity contribution in [2.24, 2.45) is 0 Å². The molecule has 9 heteroatoms. The maximum atomic E-state index is 13.8. The van der Waals surface area contributed by atoms with Crippen molar-refractivity contribution in [3.8, 4) is 17.0 Å². The number of aromatic amines is 1. The van der Waals surface area contributed by atoms with E-state index in [1.54, 1.807) is 24.4 Å². The number of hydrogen-bond acceptors (Lipinski definition) is 7. The van der Waals surface area contributed by atoms with Gasteiger partial charge in [0.25, 0.3) is 0 Å². The first kappa shape index (κ1) is 25.3. The minimum Gasteiger partial charge on any atom is -0.506 e. The fourth-order valence-electron chi connectivity index (χ4n) is 4.50. The van der Waals surface area contributed by atoms with Crippen LogP contribution in [0.5, 0.6) is 5.75 Å². The Bertz CT molecular complexity index is 1640. The van der Waals surface area contributed by atoms with Gasteiger partial charge in [-0.2, -0.15) is 0 Å². The summed E-state index contributed by atoms with van der Waals surface area (Å²) in [6.07, 6.45) is 2.65. The molecule has 0 aliphatic heterocycles. The number of hydrogen-bond donors (Lipinski definition) is 5. The monoisotopic (exact) mass is 513 g/mol. The number of phenols is 1. The van der Waals surface area contributed by atoms with Crippen molar-refractivity contribution in [2.75, 3.05) is 25.0 Å². The predicted molar refractivity (Wildman–Crippen MR) is 147 cm³/mol. The molecule has 2 aromatic carbocycles. The maximum absolute atomic E-state index is 13.8. The number of anilines is 1. The average Bonchev–Trinajstić information content (AvgIpc) is 2.92. The fourth-order valence-corrected chi connectivity index (χ4v) is 4.50. The van der Waals surface area contributed by atoms with Gasteiger partial charge in [-0.15, -0.1) is 0 Å². The summed E-state index contributed by atoms with van der Waals surface area (Å²) in [7, 11) is 0. The highest BCUT2D eigenvalue weighted by molar-refractivity contribution is 5.93. The van der Waals surface area contributed by atoms with Gasteiger partial charge in [-0.05, 0) is 61.3 Å². The highest BCUT2D eigenvalue weighted by Gasteiger charge is 2.14. The Kier molecular flexibility index (Phi) is 7.57. The molecular weight excluding hydrogens is 485 g/mol. The van der Waals surface area contributed by atoms with E-state index in [9.17, 15) is 19.4 Å². The summed E-state index contributed by atoms with van der Waals surface area (Å²) in [6, 6.07) is 18.2. The molecule has 0 saturated carbocycles. The number of aliphatic hydroxyl groups is 1. The molecule has 5 N–H and O–H groups in total. The van der Waals surface area contributed by atoms with E-state index in [1.165, 1.54) is 24.3 Å². The van der Waals surface area contributed by atoms with E-state index in [2.05, 4.69) is 20.6 Å². The SMILES string of the molecule is O=c1ccc2c([C@@H](O)CNCCCCNc3cc4cccnc4c(-c4cccc(F)c4)n3)ccc(O)c2[nH]1. The van der Waals surface area contributed by atoms with Crippen LogP contribution in [0.4, 0.5) is 10.2 Å². The van der Waals surface area contributed by atoms with Crippen molar-refractivity contribution >= 4 is 27.6 Å². The second-order valence-electron chi connectivity index (χ2n) is 9.08. The lowest BCUT2D eigenvalue weighted by Crippen LogP contribution is -2.23. The van der Waals surface area contributed by atoms with Gasteiger partial charge in [0, 0.05) is 41.7 Å². The molecule has 0 fully saturated rings. The van der Waals surface area contributed by atoms with Crippen molar-refractivity contribution < 1.29 is 14.6 Å². The lowest BCUT2D eigenvalue weighted by Gasteiger charge is -2.15. The third kappa shape index (κ3) is 5.64. The van der Waals surface area contributed by atoms with Gasteiger partial charge in [-0.25, -0.2) is 9.37 Å². The predicted octanol–water partition coefficient (Wildman–Crippen LogP) is 4.50. The molecule has 5 rings (SSSR count). The summed E-state index contributed by atoms with van der Waals surface area (Å²) >= 11 is 0. The molecule has 3 heterocycles. The Hall–Kier alpha value is -4.34. The maximum Gasteiger partial charge on any atom is 0.248 e. The van der Waals surface area contributed by atoms with Gasteiger partial charge in [0.15, 0.2) is 0 Å². The normalized spacial score (nSPS) is 12.2. The Labute approximate surface area is 218 Å². The van der Waals surface area contributed by atoms with E-state index < -0.39 is 6.10 Å². The molecule has 0 aliphatic carbocycles. The number of H-pyrrole nitrogens is 1. The number of nitrogens with one attached hydrogen (secondary N) is 3. The van der Waals surface area contributed by atoms with Gasteiger partial charge in [-0.1, -0.05) is 24.3 Å². The molecule has 0 bridgehead atoms. The molecule has 5 aromatic rings. The summed E-state index contributed by atoms with van der Waals surface area (Å²) in [5.41, 5.74) is 2.67.